The number of rotatable bonds is 29. The number of methoxy groups -OCH3 is 4. The van der Waals surface area contributed by atoms with Gasteiger partial charge in [-0.3, -0.25) is 18.1 Å². The standard InChI is InChI=1S/C23H40NO7P.C21H38NO7P/c1-18(14-16-26-5)24-32(25,31-23(2,3)4)29-15-8-7-9-21-17-28-22(30-21)19-10-12-20(27-6)13-11-19;1-8-26-16-17(2)15-22-30(23,29-21(3,4)5)28-14-13-27-19-11-9-18(10-12-19)20(24-6)25-7/h10-13,18,21-22H,7-9,14-17H2,1-6H3,(H,24,25);9-12,17,20H,8,13-16H2,1-7H3,(H,22,23). The van der Waals surface area contributed by atoms with Gasteiger partial charge in [-0.1, -0.05) is 31.2 Å². The maximum absolute atomic E-state index is 13.2. The van der Waals surface area contributed by atoms with Gasteiger partial charge in [0.1, 0.15) is 18.1 Å². The van der Waals surface area contributed by atoms with E-state index < -0.39 is 33.0 Å². The van der Waals surface area contributed by atoms with E-state index in [0.717, 1.165) is 36.1 Å². The summed E-state index contributed by atoms with van der Waals surface area (Å²) in [5.41, 5.74) is 0.652. The Morgan fingerprint density at radius 1 is 0.774 bits per heavy atom. The largest absolute Gasteiger partial charge is 0.497 e. The molecule has 2 aromatic rings. The topological polar surface area (TPSA) is 169 Å². The van der Waals surface area contributed by atoms with E-state index in [1.165, 1.54) is 0 Å². The molecule has 0 saturated carbocycles. The average molecular weight is 921 g/mol. The number of hydrogen-bond donors (Lipinski definition) is 2. The van der Waals surface area contributed by atoms with Crippen molar-refractivity contribution in [1.29, 1.82) is 0 Å². The molecule has 0 bridgehead atoms. The van der Waals surface area contributed by atoms with Gasteiger partial charge in [0.25, 0.3) is 0 Å². The Bertz CT molecular complexity index is 1570. The molecular formula is C44H78N2O14P2. The highest BCUT2D eigenvalue weighted by Gasteiger charge is 2.33. The minimum atomic E-state index is -3.50. The van der Waals surface area contributed by atoms with Crippen LogP contribution in [0.15, 0.2) is 48.5 Å². The first-order chi connectivity index (χ1) is 29.3. The molecule has 1 aliphatic rings. The highest BCUT2D eigenvalue weighted by Crippen LogP contribution is 2.49. The second-order valence-electron chi connectivity index (χ2n) is 16.9. The van der Waals surface area contributed by atoms with E-state index in [9.17, 15) is 9.13 Å². The van der Waals surface area contributed by atoms with Gasteiger partial charge in [0.05, 0.1) is 50.8 Å². The third-order valence-electron chi connectivity index (χ3n) is 8.67. The van der Waals surface area contributed by atoms with Crippen LogP contribution in [0, 0.1) is 5.92 Å². The maximum Gasteiger partial charge on any atom is 0.406 e. The van der Waals surface area contributed by atoms with Gasteiger partial charge in [-0.25, -0.2) is 19.3 Å². The van der Waals surface area contributed by atoms with Crippen molar-refractivity contribution in [2.45, 2.75) is 124 Å². The quantitative estimate of drug-likeness (QED) is 0.0449. The molecule has 2 N–H and O–H groups in total. The third kappa shape index (κ3) is 23.8. The summed E-state index contributed by atoms with van der Waals surface area (Å²) in [6.07, 6.45) is 2.45. The van der Waals surface area contributed by atoms with Gasteiger partial charge in [0, 0.05) is 58.3 Å². The predicted octanol–water partition coefficient (Wildman–Crippen LogP) is 9.79. The van der Waals surface area contributed by atoms with E-state index in [2.05, 4.69) is 10.2 Å². The molecule has 358 valence electrons. The number of nitrogens with one attached hydrogen (secondary N) is 2. The Labute approximate surface area is 372 Å². The summed E-state index contributed by atoms with van der Waals surface area (Å²) in [4.78, 5) is 0. The summed E-state index contributed by atoms with van der Waals surface area (Å²) in [5, 5.41) is 5.97. The fourth-order valence-electron chi connectivity index (χ4n) is 5.79. The number of benzene rings is 2. The molecule has 6 atom stereocenters. The zero-order chi connectivity index (χ0) is 46.2. The van der Waals surface area contributed by atoms with Crippen molar-refractivity contribution < 1.29 is 65.1 Å². The molecule has 2 aromatic carbocycles. The lowest BCUT2D eigenvalue weighted by atomic mass is 10.2. The van der Waals surface area contributed by atoms with E-state index in [1.54, 1.807) is 28.4 Å². The van der Waals surface area contributed by atoms with Gasteiger partial charge in [-0.05, 0) is 111 Å². The fourth-order valence-corrected chi connectivity index (χ4v) is 9.51. The first-order valence-electron chi connectivity index (χ1n) is 21.5. The molecule has 1 fully saturated rings. The summed E-state index contributed by atoms with van der Waals surface area (Å²) in [6.45, 7) is 20.5. The van der Waals surface area contributed by atoms with Crippen LogP contribution in [0.25, 0.3) is 0 Å². The molecule has 16 nitrogen and oxygen atoms in total. The first kappa shape index (κ1) is 56.2. The van der Waals surface area contributed by atoms with Crippen LogP contribution in [-0.4, -0.2) is 105 Å². The van der Waals surface area contributed by atoms with Crippen LogP contribution >= 0.6 is 15.5 Å². The number of hydrogen-bond acceptors (Lipinski definition) is 14. The predicted molar refractivity (Wildman–Crippen MR) is 241 cm³/mol. The zero-order valence-electron chi connectivity index (χ0n) is 39.6. The van der Waals surface area contributed by atoms with E-state index in [4.69, 9.17) is 56.0 Å². The highest BCUT2D eigenvalue weighted by atomic mass is 31.2. The van der Waals surface area contributed by atoms with E-state index >= 15 is 0 Å². The highest BCUT2D eigenvalue weighted by molar-refractivity contribution is 7.52. The summed E-state index contributed by atoms with van der Waals surface area (Å²) in [7, 11) is -0.474. The number of unbranched alkanes of at least 4 members (excludes halogenated alkanes) is 1. The molecule has 18 heteroatoms. The van der Waals surface area contributed by atoms with Gasteiger partial charge in [-0.15, -0.1) is 0 Å². The summed E-state index contributed by atoms with van der Waals surface area (Å²) < 4.78 is 92.7. The van der Waals surface area contributed by atoms with Gasteiger partial charge in [0.2, 0.25) is 0 Å². The molecule has 0 aromatic heterocycles. The molecular weight excluding hydrogens is 842 g/mol. The van der Waals surface area contributed by atoms with Crippen molar-refractivity contribution >= 4 is 15.5 Å². The third-order valence-corrected chi connectivity index (χ3v) is 12.6. The molecule has 6 unspecified atom stereocenters. The van der Waals surface area contributed by atoms with Crippen LogP contribution in [0.5, 0.6) is 11.5 Å². The SMILES string of the molecule is CCOCC(C)CNP(=O)(OCCOc1ccc(C(OC)OC)cc1)OC(C)(C)C.COCCC(C)NP(=O)(OCCCCC1COC(c2ccc(OC)cc2)O1)OC(C)(C)C. The van der Waals surface area contributed by atoms with Gasteiger partial charge >= 0.3 is 15.5 Å². The van der Waals surface area contributed by atoms with Crippen LogP contribution in [-0.2, 0) is 55.6 Å². The monoisotopic (exact) mass is 920 g/mol. The Morgan fingerprint density at radius 3 is 1.97 bits per heavy atom. The minimum absolute atomic E-state index is 0.0342. The first-order valence-corrected chi connectivity index (χ1v) is 24.5. The smallest absolute Gasteiger partial charge is 0.406 e. The van der Waals surface area contributed by atoms with E-state index in [1.807, 2.05) is 111 Å². The Kier molecular flexibility index (Phi) is 26.1. The van der Waals surface area contributed by atoms with Crippen molar-refractivity contribution in [3.63, 3.8) is 0 Å². The molecule has 0 amide bonds. The molecule has 0 radical (unpaired) electrons. The lowest BCUT2D eigenvalue weighted by Gasteiger charge is -2.29. The van der Waals surface area contributed by atoms with Crippen LogP contribution in [0.1, 0.15) is 112 Å². The molecule has 1 heterocycles. The molecule has 62 heavy (non-hydrogen) atoms. The summed E-state index contributed by atoms with van der Waals surface area (Å²) in [5.74, 6) is 1.64. The molecule has 1 saturated heterocycles. The van der Waals surface area contributed by atoms with Gasteiger partial charge in [-0.2, -0.15) is 0 Å². The maximum atomic E-state index is 13.2. The van der Waals surface area contributed by atoms with Crippen molar-refractivity contribution in [2.24, 2.45) is 5.92 Å². The second kappa shape index (κ2) is 28.8. The lowest BCUT2D eigenvalue weighted by molar-refractivity contribution is -0.106. The van der Waals surface area contributed by atoms with Crippen molar-refractivity contribution in [2.75, 3.05) is 81.2 Å². The van der Waals surface area contributed by atoms with Crippen LogP contribution in [0.2, 0.25) is 0 Å². The zero-order valence-corrected chi connectivity index (χ0v) is 41.4. The Morgan fingerprint density at radius 2 is 1.39 bits per heavy atom. The molecule has 0 spiro atoms. The minimum Gasteiger partial charge on any atom is -0.497 e. The van der Waals surface area contributed by atoms with Crippen molar-refractivity contribution in [3.05, 3.63) is 59.7 Å². The summed E-state index contributed by atoms with van der Waals surface area (Å²) >= 11 is 0. The molecule has 3 rings (SSSR count). The van der Waals surface area contributed by atoms with Crippen LogP contribution in [0.3, 0.4) is 0 Å². The lowest BCUT2D eigenvalue weighted by Crippen LogP contribution is -2.30. The van der Waals surface area contributed by atoms with Gasteiger partial charge < -0.3 is 37.9 Å². The average Bonchev–Trinajstić information content (AvgIpc) is 3.69. The Balaban J connectivity index is 0.000000428. The second-order valence-corrected chi connectivity index (χ2v) is 20.4. The molecule has 1 aliphatic heterocycles. The Hall–Kier alpha value is -1.98. The van der Waals surface area contributed by atoms with E-state index in [0.29, 0.717) is 51.7 Å². The van der Waals surface area contributed by atoms with Crippen molar-refractivity contribution in [1.82, 2.24) is 10.2 Å². The van der Waals surface area contributed by atoms with E-state index in [-0.39, 0.29) is 37.6 Å². The van der Waals surface area contributed by atoms with Gasteiger partial charge in [0.15, 0.2) is 12.6 Å². The fraction of sp³-hybridized carbons (Fsp3) is 0.727. The summed E-state index contributed by atoms with van der Waals surface area (Å²) in [6, 6.07) is 15.0. The van der Waals surface area contributed by atoms with Crippen LogP contribution in [0.4, 0.5) is 0 Å². The van der Waals surface area contributed by atoms with Crippen molar-refractivity contribution in [3.8, 4) is 11.5 Å². The van der Waals surface area contributed by atoms with Crippen LogP contribution < -0.4 is 19.6 Å². The number of ether oxygens (including phenoxy) is 8. The normalized spacial score (nSPS) is 18.7. The molecule has 0 aliphatic carbocycles.